The number of imidazole rings is 1. The molecule has 7 rings (SSSR count). The van der Waals surface area contributed by atoms with Gasteiger partial charge in [0.1, 0.15) is 11.6 Å². The van der Waals surface area contributed by atoms with Crippen LogP contribution in [-0.2, 0) is 0 Å². The summed E-state index contributed by atoms with van der Waals surface area (Å²) in [5.41, 5.74) is 13.5. The Hall–Kier alpha value is -5.48. The van der Waals surface area contributed by atoms with E-state index in [1.165, 1.54) is 38.8 Å². The van der Waals surface area contributed by atoms with Crippen LogP contribution in [0.1, 0.15) is 101 Å². The van der Waals surface area contributed by atoms with Crippen molar-refractivity contribution in [3.8, 4) is 56.5 Å². The first kappa shape index (κ1) is 34.9. The number of aromatic hydroxyl groups is 1. The molecule has 0 fully saturated rings. The van der Waals surface area contributed by atoms with Crippen molar-refractivity contribution in [3.05, 3.63) is 144 Å². The smallest absolute Gasteiger partial charge is 0.148 e. The van der Waals surface area contributed by atoms with Crippen molar-refractivity contribution in [2.75, 3.05) is 0 Å². The average Bonchev–Trinajstić information content (AvgIpc) is 3.58. The number of fused-ring (bicyclic) bond motifs is 1. The van der Waals surface area contributed by atoms with Gasteiger partial charge in [-0.3, -0.25) is 9.55 Å². The van der Waals surface area contributed by atoms with Gasteiger partial charge in [0.25, 0.3) is 0 Å². The van der Waals surface area contributed by atoms with Crippen molar-refractivity contribution in [2.24, 2.45) is 0 Å². The van der Waals surface area contributed by atoms with Crippen LogP contribution in [0.2, 0.25) is 0 Å². The monoisotopic (exact) mass is 683 g/mol. The third-order valence-corrected chi connectivity index (χ3v) is 10.3. The van der Waals surface area contributed by atoms with Crippen LogP contribution in [-0.4, -0.2) is 19.6 Å². The first-order valence-electron chi connectivity index (χ1n) is 18.7. The highest BCUT2D eigenvalue weighted by molar-refractivity contribution is 5.97. The quantitative estimate of drug-likeness (QED) is 0.165. The van der Waals surface area contributed by atoms with Gasteiger partial charge in [-0.2, -0.15) is 0 Å². The molecule has 0 saturated carbocycles. The topological polar surface area (TPSA) is 50.9 Å². The summed E-state index contributed by atoms with van der Waals surface area (Å²) in [6.07, 6.45) is 4.06. The SMILES string of the molecule is CC(C)c1cccc(C(C)C)c1-c1ccc2c(-c3cccc(-c4cn(-c5c(C(C)C)cccc5C(C)C)c(-c5ccccc5O)n4)c3)nccc2c1. The molecular formula is C48H49N3O. The number of para-hydroxylation sites is 2. The van der Waals surface area contributed by atoms with Gasteiger partial charge in [0.2, 0.25) is 0 Å². The van der Waals surface area contributed by atoms with Gasteiger partial charge in [-0.1, -0.05) is 134 Å². The maximum Gasteiger partial charge on any atom is 0.148 e. The van der Waals surface area contributed by atoms with Crippen LogP contribution in [0.3, 0.4) is 0 Å². The number of aromatic nitrogens is 3. The van der Waals surface area contributed by atoms with E-state index in [1.807, 2.05) is 24.4 Å². The molecule has 2 aromatic heterocycles. The highest BCUT2D eigenvalue weighted by Gasteiger charge is 2.23. The molecule has 4 nitrogen and oxygen atoms in total. The van der Waals surface area contributed by atoms with Crippen LogP contribution in [0, 0.1) is 0 Å². The van der Waals surface area contributed by atoms with Gasteiger partial charge in [0.15, 0.2) is 0 Å². The largest absolute Gasteiger partial charge is 0.507 e. The number of rotatable bonds is 9. The van der Waals surface area contributed by atoms with E-state index in [1.54, 1.807) is 6.07 Å². The number of phenols is 1. The molecule has 1 N–H and O–H groups in total. The number of pyridine rings is 1. The van der Waals surface area contributed by atoms with Gasteiger partial charge in [0.05, 0.1) is 22.6 Å². The lowest BCUT2D eigenvalue weighted by molar-refractivity contribution is 0.477. The highest BCUT2D eigenvalue weighted by atomic mass is 16.3. The third-order valence-electron chi connectivity index (χ3n) is 10.3. The van der Waals surface area contributed by atoms with E-state index >= 15 is 0 Å². The molecule has 0 amide bonds. The summed E-state index contributed by atoms with van der Waals surface area (Å²) in [5.74, 6) is 2.37. The predicted octanol–water partition coefficient (Wildman–Crippen LogP) is 13.3. The van der Waals surface area contributed by atoms with Gasteiger partial charge >= 0.3 is 0 Å². The van der Waals surface area contributed by atoms with Gasteiger partial charge in [-0.15, -0.1) is 0 Å². The van der Waals surface area contributed by atoms with Gasteiger partial charge in [0, 0.05) is 28.9 Å². The normalized spacial score (nSPS) is 11.8. The van der Waals surface area contributed by atoms with E-state index in [-0.39, 0.29) is 5.75 Å². The Morgan fingerprint density at radius 3 is 1.79 bits per heavy atom. The first-order valence-corrected chi connectivity index (χ1v) is 18.7. The van der Waals surface area contributed by atoms with E-state index in [2.05, 4.69) is 151 Å². The molecule has 0 atom stereocenters. The Labute approximate surface area is 308 Å². The zero-order chi connectivity index (χ0) is 36.7. The van der Waals surface area contributed by atoms with Crippen molar-refractivity contribution in [1.82, 2.24) is 14.5 Å². The first-order chi connectivity index (χ1) is 25.0. The second-order valence-electron chi connectivity index (χ2n) is 15.2. The molecular weight excluding hydrogens is 635 g/mol. The third kappa shape index (κ3) is 6.43. The van der Waals surface area contributed by atoms with E-state index in [4.69, 9.17) is 9.97 Å². The van der Waals surface area contributed by atoms with Crippen molar-refractivity contribution < 1.29 is 5.11 Å². The second kappa shape index (κ2) is 14.3. The van der Waals surface area contributed by atoms with E-state index < -0.39 is 0 Å². The molecule has 4 heteroatoms. The Morgan fingerprint density at radius 1 is 0.558 bits per heavy atom. The minimum Gasteiger partial charge on any atom is -0.507 e. The van der Waals surface area contributed by atoms with Crippen LogP contribution in [0.25, 0.3) is 61.5 Å². The van der Waals surface area contributed by atoms with Crippen LogP contribution in [0.15, 0.2) is 122 Å². The molecule has 262 valence electrons. The second-order valence-corrected chi connectivity index (χ2v) is 15.2. The van der Waals surface area contributed by atoms with Gasteiger partial charge in [-0.05, 0) is 92.8 Å². The molecule has 0 radical (unpaired) electrons. The van der Waals surface area contributed by atoms with Gasteiger partial charge in [-0.25, -0.2) is 4.98 Å². The molecule has 0 bridgehead atoms. The molecule has 0 unspecified atom stereocenters. The number of hydrogen-bond donors (Lipinski definition) is 1. The Morgan fingerprint density at radius 2 is 1.15 bits per heavy atom. The fraction of sp³-hybridized carbons (Fsp3) is 0.250. The van der Waals surface area contributed by atoms with Crippen LogP contribution >= 0.6 is 0 Å². The maximum atomic E-state index is 11.1. The summed E-state index contributed by atoms with van der Waals surface area (Å²) in [6, 6.07) is 38.3. The van der Waals surface area contributed by atoms with E-state index in [9.17, 15) is 5.11 Å². The standard InChI is InChI=1S/C48H49N3O/c1-29(2)37-17-12-18-38(30(3)4)45(37)35-22-23-41-33(26-35)24-25-49-46(41)36-15-11-14-34(27-36)43-28-51(48(50-43)42-16-9-10-21-44(42)52)47-39(31(5)6)19-13-20-40(47)32(7)8/h9-32,52H,1-8H3. The zero-order valence-electron chi connectivity index (χ0n) is 31.6. The summed E-state index contributed by atoms with van der Waals surface area (Å²) < 4.78 is 2.19. The highest BCUT2D eigenvalue weighted by Crippen LogP contribution is 2.41. The molecule has 52 heavy (non-hydrogen) atoms. The fourth-order valence-electron chi connectivity index (χ4n) is 7.61. The Bertz CT molecular complexity index is 2340. The number of benzene rings is 5. The summed E-state index contributed by atoms with van der Waals surface area (Å²) in [5, 5.41) is 13.4. The maximum absolute atomic E-state index is 11.1. The lowest BCUT2D eigenvalue weighted by Crippen LogP contribution is -2.07. The minimum atomic E-state index is 0.207. The number of hydrogen-bond acceptors (Lipinski definition) is 3. The molecule has 7 aromatic rings. The van der Waals surface area contributed by atoms with Crippen LogP contribution in [0.5, 0.6) is 5.75 Å². The zero-order valence-corrected chi connectivity index (χ0v) is 31.6. The summed E-state index contributed by atoms with van der Waals surface area (Å²) in [7, 11) is 0. The lowest BCUT2D eigenvalue weighted by Gasteiger charge is -2.22. The fourth-order valence-corrected chi connectivity index (χ4v) is 7.61. The van der Waals surface area contributed by atoms with Crippen molar-refractivity contribution >= 4 is 10.8 Å². The van der Waals surface area contributed by atoms with Gasteiger partial charge < -0.3 is 5.11 Å². The number of nitrogens with zero attached hydrogens (tertiary/aromatic N) is 3. The molecule has 0 saturated heterocycles. The molecule has 0 aliphatic heterocycles. The summed E-state index contributed by atoms with van der Waals surface area (Å²) in [6.45, 7) is 18.0. The molecule has 0 aliphatic rings. The van der Waals surface area contributed by atoms with Crippen LogP contribution < -0.4 is 0 Å². The van der Waals surface area contributed by atoms with E-state index in [0.717, 1.165) is 33.6 Å². The van der Waals surface area contributed by atoms with Crippen molar-refractivity contribution in [2.45, 2.75) is 79.1 Å². The Kier molecular flexibility index (Phi) is 9.59. The van der Waals surface area contributed by atoms with Crippen molar-refractivity contribution in [1.29, 1.82) is 0 Å². The Balaban J connectivity index is 1.37. The summed E-state index contributed by atoms with van der Waals surface area (Å²) >= 11 is 0. The molecule has 0 aliphatic carbocycles. The lowest BCUT2D eigenvalue weighted by atomic mass is 9.84. The average molecular weight is 684 g/mol. The molecule has 0 spiro atoms. The molecule has 5 aromatic carbocycles. The van der Waals surface area contributed by atoms with Crippen molar-refractivity contribution in [3.63, 3.8) is 0 Å². The number of phenolic OH excluding ortho intramolecular Hbond substituents is 1. The summed E-state index contributed by atoms with van der Waals surface area (Å²) in [4.78, 5) is 10.2. The molecule has 2 heterocycles. The minimum absolute atomic E-state index is 0.207. The van der Waals surface area contributed by atoms with Crippen LogP contribution in [0.4, 0.5) is 0 Å². The predicted molar refractivity (Wildman–Crippen MR) is 219 cm³/mol. The van der Waals surface area contributed by atoms with E-state index in [0.29, 0.717) is 35.1 Å².